The summed E-state index contributed by atoms with van der Waals surface area (Å²) in [6.07, 6.45) is 5.47. The molecule has 26 heavy (non-hydrogen) atoms. The minimum Gasteiger partial charge on any atom is -0.344 e. The first-order chi connectivity index (χ1) is 12.6. The van der Waals surface area contributed by atoms with Gasteiger partial charge in [0.05, 0.1) is 12.4 Å². The number of likely N-dealkylation sites (N-methyl/N-ethyl adjacent to an activating group) is 1. The number of amides is 1. The Morgan fingerprint density at radius 1 is 1.12 bits per heavy atom. The molecule has 2 aromatic carbocycles. The number of nitrogens with zero attached hydrogens (tertiary/aromatic N) is 3. The minimum absolute atomic E-state index is 0.0516. The van der Waals surface area contributed by atoms with Gasteiger partial charge in [-0.25, -0.2) is 4.98 Å². The van der Waals surface area contributed by atoms with Gasteiger partial charge in [-0.2, -0.15) is 0 Å². The van der Waals surface area contributed by atoms with Gasteiger partial charge in [0, 0.05) is 31.0 Å². The topological polar surface area (TPSA) is 50.2 Å². The first-order valence-corrected chi connectivity index (χ1v) is 8.67. The van der Waals surface area contributed by atoms with E-state index in [0.29, 0.717) is 5.56 Å². The summed E-state index contributed by atoms with van der Waals surface area (Å²) in [5, 5.41) is 3.15. The van der Waals surface area contributed by atoms with Crippen LogP contribution in [0.5, 0.6) is 0 Å². The molecule has 0 fully saturated rings. The number of nitrogens with one attached hydrogen (secondary N) is 1. The van der Waals surface area contributed by atoms with E-state index in [-0.39, 0.29) is 11.9 Å². The van der Waals surface area contributed by atoms with Crippen molar-refractivity contribution >= 4 is 5.91 Å². The lowest BCUT2D eigenvalue weighted by Crippen LogP contribution is -2.35. The molecule has 1 unspecified atom stereocenters. The van der Waals surface area contributed by atoms with Crippen LogP contribution in [0.2, 0.25) is 0 Å². The molecule has 5 heteroatoms. The third-order valence-corrected chi connectivity index (χ3v) is 4.20. The van der Waals surface area contributed by atoms with Gasteiger partial charge in [-0.05, 0) is 37.4 Å². The molecule has 134 valence electrons. The van der Waals surface area contributed by atoms with Gasteiger partial charge in [-0.3, -0.25) is 4.79 Å². The van der Waals surface area contributed by atoms with Crippen LogP contribution in [0.4, 0.5) is 0 Å². The van der Waals surface area contributed by atoms with Crippen molar-refractivity contribution in [1.82, 2.24) is 19.8 Å². The second-order valence-electron chi connectivity index (χ2n) is 6.63. The van der Waals surface area contributed by atoms with Crippen LogP contribution in [0.3, 0.4) is 0 Å². The van der Waals surface area contributed by atoms with Crippen molar-refractivity contribution in [2.45, 2.75) is 12.6 Å². The summed E-state index contributed by atoms with van der Waals surface area (Å²) in [4.78, 5) is 18.8. The number of carbonyl (C=O) groups excluding carboxylic acids is 1. The summed E-state index contributed by atoms with van der Waals surface area (Å²) < 4.78 is 2.00. The van der Waals surface area contributed by atoms with E-state index in [0.717, 1.165) is 24.2 Å². The second kappa shape index (κ2) is 8.45. The van der Waals surface area contributed by atoms with E-state index in [9.17, 15) is 4.79 Å². The van der Waals surface area contributed by atoms with Crippen LogP contribution in [-0.2, 0) is 6.54 Å². The molecule has 0 aliphatic rings. The van der Waals surface area contributed by atoms with Gasteiger partial charge in [0.1, 0.15) is 0 Å². The molecule has 0 saturated heterocycles. The van der Waals surface area contributed by atoms with E-state index >= 15 is 0 Å². The zero-order valence-electron chi connectivity index (χ0n) is 15.2. The molecule has 0 bridgehead atoms. The average molecular weight is 348 g/mol. The fraction of sp³-hybridized carbons (Fsp3) is 0.238. The molecule has 5 nitrogen and oxygen atoms in total. The van der Waals surface area contributed by atoms with Gasteiger partial charge >= 0.3 is 0 Å². The van der Waals surface area contributed by atoms with Crippen LogP contribution in [0.1, 0.15) is 27.5 Å². The van der Waals surface area contributed by atoms with Gasteiger partial charge in [0.15, 0.2) is 0 Å². The number of imidazole rings is 1. The quantitative estimate of drug-likeness (QED) is 0.714. The molecule has 1 atom stereocenters. The van der Waals surface area contributed by atoms with Crippen LogP contribution in [0.25, 0.3) is 0 Å². The number of aromatic nitrogens is 2. The Morgan fingerprint density at radius 2 is 1.85 bits per heavy atom. The van der Waals surface area contributed by atoms with Gasteiger partial charge in [-0.15, -0.1) is 0 Å². The molecule has 1 amide bonds. The normalized spacial score (nSPS) is 12.1. The third kappa shape index (κ3) is 4.80. The molecule has 0 saturated carbocycles. The largest absolute Gasteiger partial charge is 0.344 e. The zero-order chi connectivity index (χ0) is 18.4. The van der Waals surface area contributed by atoms with E-state index in [2.05, 4.69) is 15.2 Å². The highest BCUT2D eigenvalue weighted by molar-refractivity contribution is 5.94. The minimum atomic E-state index is -0.0603. The van der Waals surface area contributed by atoms with Crippen LogP contribution >= 0.6 is 0 Å². The SMILES string of the molecule is CN(C)CC(NC(=O)c1ccc(Cn2ccnc2)cc1)c1ccccc1. The van der Waals surface area contributed by atoms with E-state index in [1.54, 1.807) is 12.5 Å². The van der Waals surface area contributed by atoms with Crippen molar-refractivity contribution in [3.63, 3.8) is 0 Å². The molecule has 0 spiro atoms. The van der Waals surface area contributed by atoms with E-state index in [4.69, 9.17) is 0 Å². The van der Waals surface area contributed by atoms with Crippen molar-refractivity contribution in [2.75, 3.05) is 20.6 Å². The van der Waals surface area contributed by atoms with Crippen molar-refractivity contribution in [3.05, 3.63) is 90.0 Å². The average Bonchev–Trinajstić information content (AvgIpc) is 3.15. The van der Waals surface area contributed by atoms with Crippen LogP contribution in [0.15, 0.2) is 73.3 Å². The molecular weight excluding hydrogens is 324 g/mol. The highest BCUT2D eigenvalue weighted by Crippen LogP contribution is 2.15. The van der Waals surface area contributed by atoms with E-state index in [1.165, 1.54) is 0 Å². The fourth-order valence-electron chi connectivity index (χ4n) is 2.88. The first-order valence-electron chi connectivity index (χ1n) is 8.67. The maximum Gasteiger partial charge on any atom is 0.251 e. The molecule has 0 radical (unpaired) electrons. The third-order valence-electron chi connectivity index (χ3n) is 4.20. The van der Waals surface area contributed by atoms with Crippen LogP contribution < -0.4 is 5.32 Å². The molecular formula is C21H24N4O. The summed E-state index contributed by atoms with van der Waals surface area (Å²) >= 11 is 0. The number of carbonyl (C=O) groups is 1. The Hall–Kier alpha value is -2.92. The Balaban J connectivity index is 1.69. The monoisotopic (exact) mass is 348 g/mol. The van der Waals surface area contributed by atoms with Crippen molar-refractivity contribution < 1.29 is 4.79 Å². The number of hydrogen-bond donors (Lipinski definition) is 1. The molecule has 0 aliphatic heterocycles. The maximum absolute atomic E-state index is 12.7. The zero-order valence-corrected chi connectivity index (χ0v) is 15.2. The molecule has 1 N–H and O–H groups in total. The Morgan fingerprint density at radius 3 is 2.46 bits per heavy atom. The van der Waals surface area contributed by atoms with Gasteiger partial charge in [-0.1, -0.05) is 42.5 Å². The summed E-state index contributed by atoms with van der Waals surface area (Å²) in [5.41, 5.74) is 2.90. The number of hydrogen-bond acceptors (Lipinski definition) is 3. The Kier molecular flexibility index (Phi) is 5.81. The lowest BCUT2D eigenvalue weighted by molar-refractivity contribution is 0.0930. The standard InChI is InChI=1S/C21H24N4O/c1-24(2)15-20(18-6-4-3-5-7-18)23-21(26)19-10-8-17(9-11-19)14-25-13-12-22-16-25/h3-13,16,20H,14-15H2,1-2H3,(H,23,26). The second-order valence-corrected chi connectivity index (χ2v) is 6.63. The molecule has 1 heterocycles. The molecule has 3 rings (SSSR count). The van der Waals surface area contributed by atoms with Crippen LogP contribution in [-0.4, -0.2) is 41.0 Å². The van der Waals surface area contributed by atoms with E-state index in [1.807, 2.05) is 79.5 Å². The summed E-state index contributed by atoms with van der Waals surface area (Å²) in [6, 6.07) is 17.7. The Bertz CT molecular complexity index is 811. The van der Waals surface area contributed by atoms with Crippen LogP contribution in [0, 0.1) is 0 Å². The summed E-state index contributed by atoms with van der Waals surface area (Å²) in [5.74, 6) is -0.0603. The predicted molar refractivity (Wildman–Crippen MR) is 103 cm³/mol. The maximum atomic E-state index is 12.7. The fourth-order valence-corrected chi connectivity index (χ4v) is 2.88. The lowest BCUT2D eigenvalue weighted by atomic mass is 10.1. The van der Waals surface area contributed by atoms with Crippen molar-refractivity contribution in [2.24, 2.45) is 0 Å². The molecule has 1 aromatic heterocycles. The highest BCUT2D eigenvalue weighted by Gasteiger charge is 2.16. The van der Waals surface area contributed by atoms with Crippen molar-refractivity contribution in [3.8, 4) is 0 Å². The van der Waals surface area contributed by atoms with Gasteiger partial charge in [0.2, 0.25) is 0 Å². The lowest BCUT2D eigenvalue weighted by Gasteiger charge is -2.23. The van der Waals surface area contributed by atoms with Gasteiger partial charge < -0.3 is 14.8 Å². The van der Waals surface area contributed by atoms with Gasteiger partial charge in [0.25, 0.3) is 5.91 Å². The Labute approximate surface area is 154 Å². The van der Waals surface area contributed by atoms with Crippen molar-refractivity contribution in [1.29, 1.82) is 0 Å². The highest BCUT2D eigenvalue weighted by atomic mass is 16.1. The summed E-state index contributed by atoms with van der Waals surface area (Å²) in [6.45, 7) is 1.49. The number of benzene rings is 2. The predicted octanol–water partition coefficient (Wildman–Crippen LogP) is 2.96. The first kappa shape index (κ1) is 17.9. The smallest absolute Gasteiger partial charge is 0.251 e. The number of rotatable bonds is 7. The summed E-state index contributed by atoms with van der Waals surface area (Å²) in [7, 11) is 4.01. The molecule has 0 aliphatic carbocycles. The molecule has 3 aromatic rings. The van der Waals surface area contributed by atoms with E-state index < -0.39 is 0 Å².